The van der Waals surface area contributed by atoms with Crippen LogP contribution in [0, 0.1) is 29.1 Å². The van der Waals surface area contributed by atoms with E-state index in [0.29, 0.717) is 17.6 Å². The van der Waals surface area contributed by atoms with Crippen LogP contribution in [-0.2, 0) is 4.74 Å². The van der Waals surface area contributed by atoms with Crippen molar-refractivity contribution >= 4 is 0 Å². The van der Waals surface area contributed by atoms with Crippen molar-refractivity contribution in [2.45, 2.75) is 102 Å². The minimum Gasteiger partial charge on any atom is -0.393 e. The van der Waals surface area contributed by atoms with Crippen LogP contribution in [0.3, 0.4) is 0 Å². The zero-order valence-electron chi connectivity index (χ0n) is 18.5. The second-order valence-electron chi connectivity index (χ2n) is 11.8. The Bertz CT molecular complexity index is 771. The predicted octanol–water partition coefficient (Wildman–Crippen LogP) is 4.76. The molecule has 2 N–H and O–H groups in total. The average Bonchev–Trinajstić information content (AvgIpc) is 3.25. The van der Waals surface area contributed by atoms with Crippen LogP contribution in [0.1, 0.15) is 78.6 Å². The number of fused-ring (bicyclic) bond motifs is 6. The molecule has 4 fully saturated rings. The van der Waals surface area contributed by atoms with Gasteiger partial charge in [-0.2, -0.15) is 0 Å². The molecule has 6 rings (SSSR count). The Kier molecular flexibility index (Phi) is 4.23. The lowest BCUT2D eigenvalue weighted by Gasteiger charge is -2.49. The maximum Gasteiger partial charge on any atom is 0.0912 e. The predicted molar refractivity (Wildman–Crippen MR) is 115 cm³/mol. The Morgan fingerprint density at radius 1 is 1.21 bits per heavy atom. The van der Waals surface area contributed by atoms with Gasteiger partial charge in [0.1, 0.15) is 0 Å². The van der Waals surface area contributed by atoms with Crippen LogP contribution >= 0.6 is 0 Å². The third kappa shape index (κ3) is 2.66. The van der Waals surface area contributed by atoms with E-state index < -0.39 is 0 Å². The van der Waals surface area contributed by atoms with Crippen LogP contribution in [0.4, 0.5) is 0 Å². The van der Waals surface area contributed by atoms with E-state index in [0.717, 1.165) is 43.1 Å². The van der Waals surface area contributed by atoms with E-state index in [1.807, 2.05) is 0 Å². The molecule has 6 aliphatic rings. The van der Waals surface area contributed by atoms with Crippen LogP contribution in [0.15, 0.2) is 22.8 Å². The molecule has 2 aliphatic heterocycles. The SMILES string of the molecule is CC1=C2CC3C(CC=C4CC(O)CCC43C)C2CCC12CC1NCC(C)CC1O2. The first-order valence-electron chi connectivity index (χ1n) is 12.4. The quantitative estimate of drug-likeness (QED) is 0.579. The van der Waals surface area contributed by atoms with Crippen molar-refractivity contribution in [3.05, 3.63) is 22.8 Å². The van der Waals surface area contributed by atoms with Gasteiger partial charge in [-0.25, -0.2) is 0 Å². The summed E-state index contributed by atoms with van der Waals surface area (Å²) < 4.78 is 6.92. The average molecular weight is 398 g/mol. The Morgan fingerprint density at radius 2 is 2.07 bits per heavy atom. The number of allylic oxidation sites excluding steroid dienone is 2. The highest BCUT2D eigenvalue weighted by atomic mass is 16.5. The maximum atomic E-state index is 10.2. The molecule has 0 aromatic carbocycles. The summed E-state index contributed by atoms with van der Waals surface area (Å²) in [6.07, 6.45) is 13.4. The summed E-state index contributed by atoms with van der Waals surface area (Å²) in [4.78, 5) is 0. The number of rotatable bonds is 0. The molecule has 2 saturated heterocycles. The van der Waals surface area contributed by atoms with Crippen LogP contribution < -0.4 is 5.32 Å². The summed E-state index contributed by atoms with van der Waals surface area (Å²) in [5, 5.41) is 14.0. The van der Waals surface area contributed by atoms with E-state index in [4.69, 9.17) is 4.74 Å². The summed E-state index contributed by atoms with van der Waals surface area (Å²) in [6, 6.07) is 0.563. The highest BCUT2D eigenvalue weighted by Crippen LogP contribution is 2.64. The molecule has 1 spiro atoms. The first-order valence-corrected chi connectivity index (χ1v) is 12.4. The van der Waals surface area contributed by atoms with Crippen LogP contribution in [0.2, 0.25) is 0 Å². The van der Waals surface area contributed by atoms with E-state index in [2.05, 4.69) is 32.2 Å². The number of hydrogen-bond donors (Lipinski definition) is 2. The molecule has 3 nitrogen and oxygen atoms in total. The molecule has 3 heteroatoms. The van der Waals surface area contributed by atoms with Crippen molar-refractivity contribution in [2.75, 3.05) is 6.54 Å². The first-order chi connectivity index (χ1) is 13.9. The Labute approximate surface area is 176 Å². The second kappa shape index (κ2) is 6.43. The van der Waals surface area contributed by atoms with Crippen LogP contribution in [-0.4, -0.2) is 35.5 Å². The van der Waals surface area contributed by atoms with Crippen molar-refractivity contribution < 1.29 is 9.84 Å². The van der Waals surface area contributed by atoms with Crippen molar-refractivity contribution in [3.8, 4) is 0 Å². The number of nitrogens with one attached hydrogen (secondary N) is 1. The largest absolute Gasteiger partial charge is 0.393 e. The highest BCUT2D eigenvalue weighted by molar-refractivity contribution is 5.37. The van der Waals surface area contributed by atoms with Gasteiger partial charge in [-0.3, -0.25) is 0 Å². The number of ether oxygens (including phenoxy) is 1. The normalized spacial score (nSPS) is 53.9. The number of piperidine rings is 1. The smallest absolute Gasteiger partial charge is 0.0912 e. The molecule has 0 aromatic rings. The molecule has 2 saturated carbocycles. The maximum absolute atomic E-state index is 10.2. The standard InChI is InChI=1S/C26H39NO2/c1-15-10-24-23(27-14-15)13-26(29-24)9-7-19-20-5-4-17-11-18(28)6-8-25(17,3)22(20)12-21(19)16(26)2/h4,15,18-20,22-24,27-28H,5-14H2,1-3H3. The van der Waals surface area contributed by atoms with Crippen molar-refractivity contribution in [1.82, 2.24) is 5.32 Å². The molecule has 4 aliphatic carbocycles. The van der Waals surface area contributed by atoms with Crippen molar-refractivity contribution in [2.24, 2.45) is 29.1 Å². The van der Waals surface area contributed by atoms with Gasteiger partial charge in [-0.15, -0.1) is 0 Å². The minimum atomic E-state index is -0.107. The van der Waals surface area contributed by atoms with Crippen molar-refractivity contribution in [1.29, 1.82) is 0 Å². The van der Waals surface area contributed by atoms with Crippen LogP contribution in [0.5, 0.6) is 0 Å². The van der Waals surface area contributed by atoms with Gasteiger partial charge >= 0.3 is 0 Å². The summed E-state index contributed by atoms with van der Waals surface area (Å²) in [6.45, 7) is 8.47. The van der Waals surface area contributed by atoms with E-state index in [-0.39, 0.29) is 11.7 Å². The lowest BCUT2D eigenvalue weighted by atomic mass is 9.56. The molecule has 0 aromatic heterocycles. The minimum absolute atomic E-state index is 0.0195. The van der Waals surface area contributed by atoms with Gasteiger partial charge in [0.05, 0.1) is 17.8 Å². The monoisotopic (exact) mass is 397 g/mol. The lowest BCUT2D eigenvalue weighted by Crippen LogP contribution is -2.45. The molecular formula is C26H39NO2. The molecular weight excluding hydrogens is 358 g/mol. The highest BCUT2D eigenvalue weighted by Gasteiger charge is 2.58. The van der Waals surface area contributed by atoms with Gasteiger partial charge in [0.2, 0.25) is 0 Å². The topological polar surface area (TPSA) is 41.5 Å². The zero-order chi connectivity index (χ0) is 20.0. The third-order valence-corrected chi connectivity index (χ3v) is 10.3. The first kappa shape index (κ1) is 19.1. The van der Waals surface area contributed by atoms with Gasteiger partial charge in [0.25, 0.3) is 0 Å². The zero-order valence-corrected chi connectivity index (χ0v) is 18.5. The molecule has 0 bridgehead atoms. The summed E-state index contributed by atoms with van der Waals surface area (Å²) in [5.74, 6) is 3.12. The van der Waals surface area contributed by atoms with Gasteiger partial charge in [-0.1, -0.05) is 31.1 Å². The van der Waals surface area contributed by atoms with Crippen LogP contribution in [0.25, 0.3) is 0 Å². The molecule has 0 radical (unpaired) electrons. The third-order valence-electron chi connectivity index (χ3n) is 10.3. The fourth-order valence-corrected chi connectivity index (χ4v) is 8.59. The summed E-state index contributed by atoms with van der Waals surface area (Å²) in [7, 11) is 0. The molecule has 29 heavy (non-hydrogen) atoms. The Morgan fingerprint density at radius 3 is 2.93 bits per heavy atom. The van der Waals surface area contributed by atoms with E-state index >= 15 is 0 Å². The van der Waals surface area contributed by atoms with Gasteiger partial charge in [0, 0.05) is 6.04 Å². The second-order valence-corrected chi connectivity index (χ2v) is 11.8. The molecule has 2 heterocycles. The molecule has 160 valence electrons. The molecule has 0 amide bonds. The lowest BCUT2D eigenvalue weighted by molar-refractivity contribution is -0.0456. The van der Waals surface area contributed by atoms with E-state index in [1.165, 1.54) is 44.9 Å². The summed E-state index contributed by atoms with van der Waals surface area (Å²) >= 11 is 0. The fraction of sp³-hybridized carbons (Fsp3) is 0.846. The van der Waals surface area contributed by atoms with Gasteiger partial charge < -0.3 is 15.2 Å². The summed E-state index contributed by atoms with van der Waals surface area (Å²) in [5.41, 5.74) is 5.31. The Hall–Kier alpha value is -0.640. The molecule has 9 unspecified atom stereocenters. The fourth-order valence-electron chi connectivity index (χ4n) is 8.59. The number of aliphatic hydroxyl groups excluding tert-OH is 1. The molecule has 9 atom stereocenters. The van der Waals surface area contributed by atoms with Gasteiger partial charge in [-0.05, 0) is 106 Å². The Balaban J connectivity index is 1.31. The number of aliphatic hydroxyl groups is 1. The van der Waals surface area contributed by atoms with Crippen molar-refractivity contribution in [3.63, 3.8) is 0 Å². The number of hydrogen-bond acceptors (Lipinski definition) is 3. The van der Waals surface area contributed by atoms with Gasteiger partial charge in [0.15, 0.2) is 0 Å². The van der Waals surface area contributed by atoms with E-state index in [9.17, 15) is 5.11 Å². The van der Waals surface area contributed by atoms with E-state index in [1.54, 1.807) is 16.7 Å².